The molecule has 15 N–H and O–H groups in total. The number of nitrogens with two attached hydrogens (primary N) is 3. The summed E-state index contributed by atoms with van der Waals surface area (Å²) in [5, 5.41) is 41.7. The highest BCUT2D eigenvalue weighted by molar-refractivity contribution is 7.80. The molecule has 0 radical (unpaired) electrons. The molecule has 0 saturated carbocycles. The summed E-state index contributed by atoms with van der Waals surface area (Å²) in [5.41, 5.74) is 16.5. The quantitative estimate of drug-likeness (QED) is 0.0231. The minimum atomic E-state index is -1.52. The van der Waals surface area contributed by atoms with E-state index in [1.165, 1.54) is 0 Å². The van der Waals surface area contributed by atoms with Crippen molar-refractivity contribution in [3.63, 3.8) is 0 Å². The predicted octanol–water partition coefficient (Wildman–Crippen LogP) is -6.22. The van der Waals surface area contributed by atoms with E-state index in [1.807, 2.05) is 0 Å². The summed E-state index contributed by atoms with van der Waals surface area (Å²) in [6.07, 6.45) is 0.243. The molecule has 0 bridgehead atoms. The second kappa shape index (κ2) is 22.6. The highest BCUT2D eigenvalue weighted by atomic mass is 32.1. The molecule has 272 valence electrons. The van der Waals surface area contributed by atoms with E-state index in [9.17, 15) is 43.8 Å². The molecular formula is C28H44N10O10S. The fourth-order valence-corrected chi connectivity index (χ4v) is 4.15. The normalized spacial score (nSPS) is 13.6. The van der Waals surface area contributed by atoms with Crippen LogP contribution in [0.25, 0.3) is 0 Å². The third kappa shape index (κ3) is 16.6. The Morgan fingerprint density at radius 1 is 0.735 bits per heavy atom. The van der Waals surface area contributed by atoms with Crippen LogP contribution in [0.5, 0.6) is 0 Å². The first-order valence-electron chi connectivity index (χ1n) is 14.9. The molecule has 1 rings (SSSR count). The van der Waals surface area contributed by atoms with Gasteiger partial charge in [-0.3, -0.25) is 33.8 Å². The second-order valence-corrected chi connectivity index (χ2v) is 10.8. The molecule has 6 amide bonds. The number of benzene rings is 1. The van der Waals surface area contributed by atoms with Crippen molar-refractivity contribution in [3.8, 4) is 0 Å². The zero-order chi connectivity index (χ0) is 36.9. The van der Waals surface area contributed by atoms with Gasteiger partial charge in [-0.2, -0.15) is 12.6 Å². The minimum absolute atomic E-state index is 0.0199. The Labute approximate surface area is 286 Å². The first-order chi connectivity index (χ1) is 23.2. The van der Waals surface area contributed by atoms with Crippen LogP contribution >= 0.6 is 12.6 Å². The maximum atomic E-state index is 13.1. The van der Waals surface area contributed by atoms with Crippen LogP contribution in [0.3, 0.4) is 0 Å². The average molecular weight is 713 g/mol. The lowest BCUT2D eigenvalue weighted by Gasteiger charge is -2.24. The van der Waals surface area contributed by atoms with Crippen molar-refractivity contribution in [2.24, 2.45) is 22.2 Å². The van der Waals surface area contributed by atoms with E-state index in [0.717, 1.165) is 0 Å². The highest BCUT2D eigenvalue weighted by Gasteiger charge is 2.30. The number of hydrogen-bond acceptors (Lipinski definition) is 12. The van der Waals surface area contributed by atoms with E-state index in [-0.39, 0.29) is 37.5 Å². The van der Waals surface area contributed by atoms with Crippen LogP contribution in [0.4, 0.5) is 0 Å². The lowest BCUT2D eigenvalue weighted by Crippen LogP contribution is -2.59. The van der Waals surface area contributed by atoms with Crippen molar-refractivity contribution in [1.29, 1.82) is 0 Å². The molecule has 0 aliphatic rings. The van der Waals surface area contributed by atoms with Crippen LogP contribution in [0, 0.1) is 0 Å². The smallest absolute Gasteiger partial charge is 0.326 e. The van der Waals surface area contributed by atoms with Crippen LogP contribution < -0.4 is 49.1 Å². The number of amides is 6. The fraction of sp³-hybridized carbons (Fsp3) is 0.500. The largest absolute Gasteiger partial charge is 0.480 e. The monoisotopic (exact) mass is 712 g/mol. The van der Waals surface area contributed by atoms with E-state index < -0.39 is 97.9 Å². The summed E-state index contributed by atoms with van der Waals surface area (Å²) in [7, 11) is 0. The minimum Gasteiger partial charge on any atom is -0.480 e. The molecule has 0 aliphatic carbocycles. The van der Waals surface area contributed by atoms with Gasteiger partial charge in [-0.1, -0.05) is 30.3 Å². The van der Waals surface area contributed by atoms with Crippen molar-refractivity contribution in [3.05, 3.63) is 35.9 Å². The molecule has 1 aromatic carbocycles. The van der Waals surface area contributed by atoms with Crippen molar-refractivity contribution in [1.82, 2.24) is 31.9 Å². The number of nitrogens with zero attached hydrogens (tertiary/aromatic N) is 1. The molecule has 0 heterocycles. The summed E-state index contributed by atoms with van der Waals surface area (Å²) in [5.74, 6) is -6.88. The Morgan fingerprint density at radius 3 is 1.90 bits per heavy atom. The average Bonchev–Trinajstić information content (AvgIpc) is 3.07. The summed E-state index contributed by atoms with van der Waals surface area (Å²) in [4.78, 5) is 90.6. The summed E-state index contributed by atoms with van der Waals surface area (Å²) >= 11 is 4.08. The number of rotatable bonds is 22. The third-order valence-electron chi connectivity index (χ3n) is 6.53. The molecule has 0 aromatic heterocycles. The van der Waals surface area contributed by atoms with Crippen LogP contribution in [0.15, 0.2) is 35.3 Å². The van der Waals surface area contributed by atoms with E-state index in [2.05, 4.69) is 49.5 Å². The Morgan fingerprint density at radius 2 is 1.33 bits per heavy atom. The van der Waals surface area contributed by atoms with Crippen LogP contribution in [-0.4, -0.2) is 132 Å². The van der Waals surface area contributed by atoms with E-state index >= 15 is 0 Å². The number of aliphatic hydroxyl groups is 2. The van der Waals surface area contributed by atoms with Gasteiger partial charge in [0, 0.05) is 18.7 Å². The summed E-state index contributed by atoms with van der Waals surface area (Å²) in [6.45, 7) is -2.64. The zero-order valence-corrected chi connectivity index (χ0v) is 27.4. The van der Waals surface area contributed by atoms with Crippen LogP contribution in [0.2, 0.25) is 0 Å². The number of aliphatic carboxylic acids is 1. The van der Waals surface area contributed by atoms with Gasteiger partial charge in [0.1, 0.15) is 30.2 Å². The number of guanidine groups is 1. The van der Waals surface area contributed by atoms with Crippen LogP contribution in [-0.2, 0) is 40.0 Å². The maximum absolute atomic E-state index is 13.1. The first kappa shape index (κ1) is 42.0. The first-order valence-corrected chi connectivity index (χ1v) is 15.5. The SMILES string of the molecule is NC(N)=NCCC[C@@H](NC(=O)CNC(=O)CNC(=O)[C@H](Cc1ccccc1)NC(=O)[C@@H](CS)NC(=O)[C@H](CO)NC(=O)[C@@H](N)CO)C(=O)O. The number of nitrogens with one attached hydrogen (secondary N) is 6. The molecule has 20 nitrogen and oxygen atoms in total. The standard InChI is InChI=1S/C28H44N10O10S/c29-16(12-39)23(43)37-19(13-40)25(45)38-20(14-49)26(46)36-18(9-15-5-2-1-3-6-15)24(44)34-10-21(41)33-11-22(42)35-17(27(47)48)7-4-8-32-28(30)31/h1-3,5-6,16-20,39-40,49H,4,7-14,29H2,(H,33,41)(H,34,44)(H,35,42)(H,36,46)(H,37,43)(H,38,45)(H,47,48)(H4,30,31,32)/t16-,17+,18-,19-,20+/m0/s1. The van der Waals surface area contributed by atoms with E-state index in [4.69, 9.17) is 22.3 Å². The van der Waals surface area contributed by atoms with Gasteiger partial charge in [0.05, 0.1) is 26.3 Å². The number of aliphatic hydroxyl groups excluding tert-OH is 2. The number of carbonyl (C=O) groups is 7. The predicted molar refractivity (Wildman–Crippen MR) is 177 cm³/mol. The van der Waals surface area contributed by atoms with E-state index in [0.29, 0.717) is 5.56 Å². The molecule has 21 heteroatoms. The number of aliphatic imine (C=N–C) groups is 1. The Hall–Kier alpha value is -4.99. The van der Waals surface area contributed by atoms with Crippen molar-refractivity contribution in [2.45, 2.75) is 49.5 Å². The van der Waals surface area contributed by atoms with Gasteiger partial charge in [0.15, 0.2) is 5.96 Å². The Balaban J connectivity index is 2.82. The van der Waals surface area contributed by atoms with Gasteiger partial charge in [0.25, 0.3) is 0 Å². The van der Waals surface area contributed by atoms with Crippen molar-refractivity contribution < 1.29 is 48.9 Å². The second-order valence-electron chi connectivity index (χ2n) is 10.4. The highest BCUT2D eigenvalue weighted by Crippen LogP contribution is 2.05. The lowest BCUT2D eigenvalue weighted by molar-refractivity contribution is -0.142. The molecular weight excluding hydrogens is 668 g/mol. The third-order valence-corrected chi connectivity index (χ3v) is 6.89. The number of carboxylic acid groups (broad SMARTS) is 1. The van der Waals surface area contributed by atoms with E-state index in [1.54, 1.807) is 30.3 Å². The Bertz CT molecular complexity index is 1320. The van der Waals surface area contributed by atoms with Gasteiger partial charge in [-0.25, -0.2) is 4.79 Å². The number of carboxylic acids is 1. The maximum Gasteiger partial charge on any atom is 0.326 e. The Kier molecular flexibility index (Phi) is 19.3. The zero-order valence-electron chi connectivity index (χ0n) is 26.5. The molecule has 0 saturated heterocycles. The molecule has 1 aromatic rings. The van der Waals surface area contributed by atoms with Gasteiger partial charge >= 0.3 is 5.97 Å². The number of thiol groups is 1. The molecule has 0 spiro atoms. The molecule has 0 unspecified atom stereocenters. The lowest BCUT2D eigenvalue weighted by atomic mass is 10.0. The number of hydrogen-bond donors (Lipinski definition) is 13. The van der Waals surface area contributed by atoms with Crippen LogP contribution in [0.1, 0.15) is 18.4 Å². The summed E-state index contributed by atoms with van der Waals surface area (Å²) in [6, 6.07) is 1.76. The van der Waals surface area contributed by atoms with Gasteiger partial charge in [0.2, 0.25) is 35.4 Å². The fourth-order valence-electron chi connectivity index (χ4n) is 3.89. The molecule has 5 atom stereocenters. The molecule has 49 heavy (non-hydrogen) atoms. The van der Waals surface area contributed by atoms with Crippen molar-refractivity contribution in [2.75, 3.05) is 38.6 Å². The molecule has 0 fully saturated rings. The number of carbonyl (C=O) groups excluding carboxylic acids is 6. The summed E-state index contributed by atoms with van der Waals surface area (Å²) < 4.78 is 0. The van der Waals surface area contributed by atoms with Gasteiger partial charge in [-0.15, -0.1) is 0 Å². The molecule has 0 aliphatic heterocycles. The topological polar surface area (TPSA) is 343 Å². The van der Waals surface area contributed by atoms with Crippen molar-refractivity contribution >= 4 is 60.0 Å². The van der Waals surface area contributed by atoms with Gasteiger partial charge < -0.3 is 64.4 Å². The van der Waals surface area contributed by atoms with Gasteiger partial charge in [-0.05, 0) is 18.4 Å².